The largest absolute Gasteiger partial charge is 0.466 e. The van der Waals surface area contributed by atoms with Crippen LogP contribution < -0.4 is 5.73 Å². The number of benzene rings is 3. The summed E-state index contributed by atoms with van der Waals surface area (Å²) in [6, 6.07) is 15.9. The summed E-state index contributed by atoms with van der Waals surface area (Å²) >= 11 is 0. The minimum Gasteiger partial charge on any atom is -0.466 e. The van der Waals surface area contributed by atoms with E-state index in [4.69, 9.17) is 19.9 Å². The van der Waals surface area contributed by atoms with E-state index in [9.17, 15) is 33.3 Å². The molecule has 1 unspecified atom stereocenters. The number of hydrogen-bond donors (Lipinski definition) is 1. The van der Waals surface area contributed by atoms with Gasteiger partial charge in [-0.05, 0) is 48.7 Å². The maximum atomic E-state index is 13.9. The van der Waals surface area contributed by atoms with Gasteiger partial charge in [-0.1, -0.05) is 42.5 Å². The molecule has 0 aromatic heterocycles. The first-order valence-corrected chi connectivity index (χ1v) is 12.1. The average Bonchev–Trinajstić information content (AvgIpc) is 2.91. The van der Waals surface area contributed by atoms with Gasteiger partial charge in [-0.2, -0.15) is 4.39 Å². The number of halogens is 2. The zero-order chi connectivity index (χ0) is 29.7. The topological polar surface area (TPSA) is 148 Å². The molecule has 0 fully saturated rings. The van der Waals surface area contributed by atoms with Crippen molar-refractivity contribution in [2.24, 2.45) is 0 Å². The van der Waals surface area contributed by atoms with Crippen LogP contribution in [0.25, 0.3) is 0 Å². The molecular formula is C28H28F2N2O8. The molecule has 40 heavy (non-hydrogen) atoms. The summed E-state index contributed by atoms with van der Waals surface area (Å²) in [4.78, 5) is 45.4. The molecule has 10 nitrogen and oxygen atoms in total. The number of carbonyl (C=O) groups is 3. The molecule has 12 heteroatoms. The number of nitrogens with zero attached hydrogens (tertiary/aromatic N) is 1. The van der Waals surface area contributed by atoms with E-state index in [-0.39, 0.29) is 36.9 Å². The number of rotatable bonds is 10. The minimum absolute atomic E-state index is 0.0107. The first-order chi connectivity index (χ1) is 19.1. The van der Waals surface area contributed by atoms with Crippen molar-refractivity contribution in [3.8, 4) is 0 Å². The lowest BCUT2D eigenvalue weighted by atomic mass is 9.98. The fourth-order valence-corrected chi connectivity index (χ4v) is 3.32. The molecule has 0 aliphatic carbocycles. The molecule has 0 saturated heterocycles. The summed E-state index contributed by atoms with van der Waals surface area (Å²) < 4.78 is 41.5. The summed E-state index contributed by atoms with van der Waals surface area (Å²) in [5.41, 5.74) is 5.81. The molecular weight excluding hydrogens is 530 g/mol. The van der Waals surface area contributed by atoms with Gasteiger partial charge in [-0.25, -0.2) is 4.39 Å². The van der Waals surface area contributed by atoms with Gasteiger partial charge in [0.1, 0.15) is 12.4 Å². The van der Waals surface area contributed by atoms with Crippen molar-refractivity contribution in [3.05, 3.63) is 105 Å². The molecule has 0 aliphatic heterocycles. The number of ether oxygens (including phenoxy) is 3. The Kier molecular flexibility index (Phi) is 12.2. The van der Waals surface area contributed by atoms with Crippen LogP contribution in [-0.2, 0) is 41.6 Å². The van der Waals surface area contributed by atoms with Gasteiger partial charge in [0.25, 0.3) is 0 Å². The van der Waals surface area contributed by atoms with Gasteiger partial charge in [-0.15, -0.1) is 0 Å². The van der Waals surface area contributed by atoms with E-state index in [1.807, 2.05) is 0 Å². The van der Waals surface area contributed by atoms with E-state index in [1.54, 1.807) is 50.2 Å². The molecule has 212 valence electrons. The van der Waals surface area contributed by atoms with Crippen molar-refractivity contribution < 1.29 is 42.3 Å². The van der Waals surface area contributed by atoms with Crippen molar-refractivity contribution in [2.45, 2.75) is 32.8 Å². The van der Waals surface area contributed by atoms with Crippen LogP contribution in [0.2, 0.25) is 0 Å². The zero-order valence-electron chi connectivity index (χ0n) is 21.8. The van der Waals surface area contributed by atoms with E-state index in [0.29, 0.717) is 17.7 Å². The molecule has 0 heterocycles. The minimum atomic E-state index is -1.53. The Balaban J connectivity index is 0.000000337. The molecule has 3 aromatic carbocycles. The van der Waals surface area contributed by atoms with Gasteiger partial charge in [-0.3, -0.25) is 24.5 Å². The Morgan fingerprint density at radius 3 is 2.08 bits per heavy atom. The van der Waals surface area contributed by atoms with E-state index < -0.39 is 40.1 Å². The SMILES string of the molecule is CCOC(=O)C(C(=O)OCc1ccccc1)c1ccc([N+](=O)[O-])c(F)c1.CCOC(=O)Cc1ccc(N)c(F)c1. The lowest BCUT2D eigenvalue weighted by Crippen LogP contribution is -2.26. The molecule has 0 spiro atoms. The molecule has 0 radical (unpaired) electrons. The van der Waals surface area contributed by atoms with Crippen LogP contribution in [0.3, 0.4) is 0 Å². The number of carbonyl (C=O) groups excluding carboxylic acids is 3. The Morgan fingerprint density at radius 1 is 0.850 bits per heavy atom. The lowest BCUT2D eigenvalue weighted by molar-refractivity contribution is -0.387. The van der Waals surface area contributed by atoms with Crippen LogP contribution in [0, 0.1) is 21.7 Å². The van der Waals surface area contributed by atoms with Crippen molar-refractivity contribution in [1.29, 1.82) is 0 Å². The summed E-state index contributed by atoms with van der Waals surface area (Å²) in [6.45, 7) is 3.54. The second kappa shape index (κ2) is 15.5. The van der Waals surface area contributed by atoms with Crippen LogP contribution in [0.15, 0.2) is 66.7 Å². The Morgan fingerprint density at radius 2 is 1.50 bits per heavy atom. The van der Waals surface area contributed by atoms with Gasteiger partial charge in [0.15, 0.2) is 5.92 Å². The summed E-state index contributed by atoms with van der Waals surface area (Å²) in [5, 5.41) is 10.7. The second-order valence-corrected chi connectivity index (χ2v) is 8.08. The second-order valence-electron chi connectivity index (χ2n) is 8.08. The number of nitro groups is 1. The smallest absolute Gasteiger partial charge is 0.325 e. The molecule has 3 rings (SSSR count). The number of nitro benzene ring substituents is 1. The normalized spacial score (nSPS) is 10.9. The predicted molar refractivity (Wildman–Crippen MR) is 140 cm³/mol. The van der Waals surface area contributed by atoms with Gasteiger partial charge < -0.3 is 19.9 Å². The van der Waals surface area contributed by atoms with Crippen LogP contribution >= 0.6 is 0 Å². The van der Waals surface area contributed by atoms with Crippen LogP contribution in [0.4, 0.5) is 20.2 Å². The number of nitrogens with two attached hydrogens (primary N) is 1. The highest BCUT2D eigenvalue weighted by atomic mass is 19.1. The van der Waals surface area contributed by atoms with Gasteiger partial charge in [0, 0.05) is 6.07 Å². The fourth-order valence-electron chi connectivity index (χ4n) is 3.32. The molecule has 0 amide bonds. The van der Waals surface area contributed by atoms with Crippen LogP contribution in [0.5, 0.6) is 0 Å². The van der Waals surface area contributed by atoms with Crippen molar-refractivity contribution in [1.82, 2.24) is 0 Å². The monoisotopic (exact) mass is 558 g/mol. The Bertz CT molecular complexity index is 1340. The van der Waals surface area contributed by atoms with E-state index >= 15 is 0 Å². The third-order valence-electron chi connectivity index (χ3n) is 5.20. The highest BCUT2D eigenvalue weighted by Crippen LogP contribution is 2.26. The third-order valence-corrected chi connectivity index (χ3v) is 5.20. The van der Waals surface area contributed by atoms with E-state index in [1.165, 1.54) is 12.1 Å². The highest BCUT2D eigenvalue weighted by molar-refractivity contribution is 6.00. The first kappa shape index (κ1) is 31.3. The Labute approximate surface area is 228 Å². The molecule has 2 N–H and O–H groups in total. The summed E-state index contributed by atoms with van der Waals surface area (Å²) in [7, 11) is 0. The van der Waals surface area contributed by atoms with Crippen molar-refractivity contribution >= 4 is 29.3 Å². The predicted octanol–water partition coefficient (Wildman–Crippen LogP) is 4.64. The fraction of sp³-hybridized carbons (Fsp3) is 0.250. The van der Waals surface area contributed by atoms with Gasteiger partial charge >= 0.3 is 23.6 Å². The van der Waals surface area contributed by atoms with Gasteiger partial charge in [0.2, 0.25) is 5.82 Å². The lowest BCUT2D eigenvalue weighted by Gasteiger charge is -2.15. The van der Waals surface area contributed by atoms with Crippen LogP contribution in [0.1, 0.15) is 36.5 Å². The highest BCUT2D eigenvalue weighted by Gasteiger charge is 2.33. The number of esters is 3. The molecule has 0 saturated carbocycles. The number of anilines is 1. The zero-order valence-corrected chi connectivity index (χ0v) is 21.8. The summed E-state index contributed by atoms with van der Waals surface area (Å²) in [6.07, 6.45) is 0.0744. The molecule has 3 aromatic rings. The van der Waals surface area contributed by atoms with Crippen LogP contribution in [-0.4, -0.2) is 36.0 Å². The molecule has 0 aliphatic rings. The quantitative estimate of drug-likeness (QED) is 0.0938. The maximum Gasteiger partial charge on any atom is 0.325 e. The first-order valence-electron chi connectivity index (χ1n) is 12.1. The van der Waals surface area contributed by atoms with E-state index in [0.717, 1.165) is 18.2 Å². The summed E-state index contributed by atoms with van der Waals surface area (Å²) in [5.74, 6) is -5.41. The third kappa shape index (κ3) is 9.46. The number of nitrogen functional groups attached to an aromatic ring is 1. The average molecular weight is 559 g/mol. The van der Waals surface area contributed by atoms with E-state index in [2.05, 4.69) is 0 Å². The van der Waals surface area contributed by atoms with Crippen molar-refractivity contribution in [2.75, 3.05) is 18.9 Å². The Hall–Kier alpha value is -4.87. The maximum absolute atomic E-state index is 13.9. The van der Waals surface area contributed by atoms with Crippen molar-refractivity contribution in [3.63, 3.8) is 0 Å². The number of hydrogen-bond acceptors (Lipinski definition) is 9. The van der Waals surface area contributed by atoms with Gasteiger partial charge in [0.05, 0.1) is 30.2 Å². The standard InChI is InChI=1S/C18H16FNO6.C10H12FNO2/c1-2-25-17(21)16(13-8-9-15(20(23)24)14(19)10-13)18(22)26-11-12-6-4-3-5-7-12;1-2-14-10(13)6-7-3-4-9(12)8(11)5-7/h3-10,16H,2,11H2,1H3;3-5H,2,6,12H2,1H3. The molecule has 1 atom stereocenters. The molecule has 0 bridgehead atoms.